The number of para-hydroxylation sites is 1. The average Bonchev–Trinajstić information content (AvgIpc) is 3.50. The fraction of sp³-hybridized carbons (Fsp3) is 0.400. The van der Waals surface area contributed by atoms with E-state index in [0.717, 1.165) is 48.1 Å². The Morgan fingerprint density at radius 3 is 2.97 bits per heavy atom. The van der Waals surface area contributed by atoms with Gasteiger partial charge in [0.15, 0.2) is 11.4 Å². The van der Waals surface area contributed by atoms with Crippen LogP contribution in [0.25, 0.3) is 28.1 Å². The predicted octanol–water partition coefficient (Wildman–Crippen LogP) is 4.95. The van der Waals surface area contributed by atoms with Gasteiger partial charge in [-0.1, -0.05) is 32.0 Å². The van der Waals surface area contributed by atoms with Gasteiger partial charge in [0, 0.05) is 36.9 Å². The number of hydrogen-bond donors (Lipinski definition) is 0. The summed E-state index contributed by atoms with van der Waals surface area (Å²) >= 11 is 0. The Bertz CT molecular complexity index is 1210. The minimum absolute atomic E-state index is 0.254. The Morgan fingerprint density at radius 2 is 2.12 bits per heavy atom. The van der Waals surface area contributed by atoms with Crippen LogP contribution in [-0.4, -0.2) is 44.6 Å². The number of fused-ring (bicyclic) bond motifs is 2. The van der Waals surface area contributed by atoms with Crippen molar-refractivity contribution in [3.05, 3.63) is 48.7 Å². The zero-order valence-corrected chi connectivity index (χ0v) is 18.5. The molecule has 7 nitrogen and oxygen atoms in total. The first-order valence-electron chi connectivity index (χ1n) is 11.3. The zero-order chi connectivity index (χ0) is 22.1. The number of carbonyl (C=O) groups is 1. The maximum absolute atomic E-state index is 12.5. The Kier molecular flexibility index (Phi) is 5.55. The topological polar surface area (TPSA) is 72.9 Å². The summed E-state index contributed by atoms with van der Waals surface area (Å²) < 4.78 is 13.7. The molecule has 7 heteroatoms. The van der Waals surface area contributed by atoms with Gasteiger partial charge in [0.1, 0.15) is 11.3 Å². The fourth-order valence-corrected chi connectivity index (χ4v) is 4.44. The van der Waals surface area contributed by atoms with Crippen molar-refractivity contribution in [2.24, 2.45) is 5.92 Å². The van der Waals surface area contributed by atoms with Crippen LogP contribution >= 0.6 is 0 Å². The van der Waals surface area contributed by atoms with Gasteiger partial charge in [-0.15, -0.1) is 5.10 Å². The van der Waals surface area contributed by atoms with Crippen LogP contribution in [0.4, 0.5) is 0 Å². The third-order valence-electron chi connectivity index (χ3n) is 6.00. The third kappa shape index (κ3) is 4.07. The third-order valence-corrected chi connectivity index (χ3v) is 6.00. The molecule has 0 saturated carbocycles. The van der Waals surface area contributed by atoms with Crippen molar-refractivity contribution in [1.82, 2.24) is 19.5 Å². The summed E-state index contributed by atoms with van der Waals surface area (Å²) in [5, 5.41) is 5.67. The summed E-state index contributed by atoms with van der Waals surface area (Å²) in [5.74, 6) is 1.89. The second-order valence-corrected chi connectivity index (χ2v) is 8.85. The molecule has 166 valence electrons. The van der Waals surface area contributed by atoms with Crippen molar-refractivity contribution >= 4 is 22.5 Å². The van der Waals surface area contributed by atoms with Crippen LogP contribution in [0.5, 0.6) is 5.88 Å². The molecule has 1 amide bonds. The molecular weight excluding hydrogens is 404 g/mol. The van der Waals surface area contributed by atoms with Gasteiger partial charge < -0.3 is 14.1 Å². The zero-order valence-electron chi connectivity index (χ0n) is 18.5. The Hall–Kier alpha value is -3.35. The van der Waals surface area contributed by atoms with Crippen molar-refractivity contribution in [2.45, 2.75) is 45.6 Å². The van der Waals surface area contributed by atoms with E-state index in [9.17, 15) is 4.79 Å². The van der Waals surface area contributed by atoms with E-state index < -0.39 is 0 Å². The van der Waals surface area contributed by atoms with E-state index in [2.05, 4.69) is 23.9 Å². The number of furan rings is 1. The first kappa shape index (κ1) is 20.5. The van der Waals surface area contributed by atoms with Gasteiger partial charge >= 0.3 is 0 Å². The normalized spacial score (nSPS) is 16.5. The largest absolute Gasteiger partial charge is 0.477 e. The predicted molar refractivity (Wildman–Crippen MR) is 122 cm³/mol. The Balaban J connectivity index is 1.28. The first-order valence-corrected chi connectivity index (χ1v) is 11.3. The van der Waals surface area contributed by atoms with Crippen LogP contribution in [0.2, 0.25) is 0 Å². The maximum atomic E-state index is 12.5. The van der Waals surface area contributed by atoms with Gasteiger partial charge in [-0.05, 0) is 37.0 Å². The molecule has 5 rings (SSSR count). The van der Waals surface area contributed by atoms with Crippen molar-refractivity contribution in [1.29, 1.82) is 0 Å². The molecule has 0 bridgehead atoms. The second kappa shape index (κ2) is 8.65. The van der Waals surface area contributed by atoms with Crippen LogP contribution in [0, 0.1) is 5.92 Å². The van der Waals surface area contributed by atoms with Crippen LogP contribution in [0.1, 0.15) is 39.5 Å². The number of amides is 1. The van der Waals surface area contributed by atoms with Crippen LogP contribution in [-0.2, 0) is 4.79 Å². The fourth-order valence-electron chi connectivity index (χ4n) is 4.44. The lowest BCUT2D eigenvalue weighted by Crippen LogP contribution is -2.37. The molecule has 32 heavy (non-hydrogen) atoms. The highest BCUT2D eigenvalue weighted by atomic mass is 16.5. The van der Waals surface area contributed by atoms with Crippen LogP contribution in [0.15, 0.2) is 53.1 Å². The van der Waals surface area contributed by atoms with E-state index in [0.29, 0.717) is 30.6 Å². The number of benzene rings is 1. The summed E-state index contributed by atoms with van der Waals surface area (Å²) in [7, 11) is 0. The minimum Gasteiger partial charge on any atom is -0.477 e. The number of rotatable bonds is 7. The number of imidazole rings is 1. The van der Waals surface area contributed by atoms with Gasteiger partial charge in [-0.25, -0.2) is 9.50 Å². The molecule has 4 aromatic rings. The Labute approximate surface area is 187 Å². The molecule has 3 aromatic heterocycles. The molecule has 1 fully saturated rings. The molecule has 0 spiro atoms. The number of carbonyl (C=O) groups excluding carboxylic acids is 1. The van der Waals surface area contributed by atoms with Crippen LogP contribution < -0.4 is 4.74 Å². The molecule has 0 radical (unpaired) electrons. The van der Waals surface area contributed by atoms with Crippen LogP contribution in [0.3, 0.4) is 0 Å². The van der Waals surface area contributed by atoms with E-state index in [1.54, 1.807) is 10.7 Å². The molecule has 0 N–H and O–H groups in total. The molecule has 1 unspecified atom stereocenters. The quantitative estimate of drug-likeness (QED) is 0.413. The lowest BCUT2D eigenvalue weighted by atomic mass is 10.1. The van der Waals surface area contributed by atoms with E-state index in [1.807, 2.05) is 47.4 Å². The van der Waals surface area contributed by atoms with Gasteiger partial charge in [0.2, 0.25) is 11.8 Å². The van der Waals surface area contributed by atoms with Gasteiger partial charge in [-0.3, -0.25) is 4.79 Å². The molecule has 1 aliphatic rings. The second-order valence-electron chi connectivity index (χ2n) is 8.85. The standard InChI is InChI=1S/C25H28N4O3/c1-17(2)14-25(30)28-12-5-7-19(28)11-13-31-24-10-9-23-26-16-20(29(23)27-24)22-15-18-6-3-4-8-21(18)32-22/h3-4,6,8-10,15-17,19H,5,7,11-14H2,1-2H3. The van der Waals surface area contributed by atoms with E-state index in [4.69, 9.17) is 9.15 Å². The van der Waals surface area contributed by atoms with E-state index in [-0.39, 0.29) is 11.9 Å². The molecule has 1 aliphatic heterocycles. The maximum Gasteiger partial charge on any atom is 0.231 e. The number of ether oxygens (including phenoxy) is 1. The molecule has 1 aromatic carbocycles. The Morgan fingerprint density at radius 1 is 1.25 bits per heavy atom. The number of nitrogens with zero attached hydrogens (tertiary/aromatic N) is 4. The van der Waals surface area contributed by atoms with Gasteiger partial charge in [0.25, 0.3) is 0 Å². The highest BCUT2D eigenvalue weighted by Gasteiger charge is 2.28. The smallest absolute Gasteiger partial charge is 0.231 e. The number of likely N-dealkylation sites (tertiary alicyclic amines) is 1. The monoisotopic (exact) mass is 432 g/mol. The minimum atomic E-state index is 0.254. The SMILES string of the molecule is CC(C)CC(=O)N1CCCC1CCOc1ccc2ncc(-c3cc4ccccc4o3)n2n1. The van der Waals surface area contributed by atoms with Gasteiger partial charge in [0.05, 0.1) is 12.8 Å². The van der Waals surface area contributed by atoms with Crippen molar-refractivity contribution in [2.75, 3.05) is 13.2 Å². The molecule has 4 heterocycles. The van der Waals surface area contributed by atoms with Crippen molar-refractivity contribution in [3.63, 3.8) is 0 Å². The van der Waals surface area contributed by atoms with Gasteiger partial charge in [-0.2, -0.15) is 0 Å². The molecular formula is C25H28N4O3. The highest BCUT2D eigenvalue weighted by molar-refractivity contribution is 5.82. The molecule has 0 aliphatic carbocycles. The van der Waals surface area contributed by atoms with E-state index >= 15 is 0 Å². The highest BCUT2D eigenvalue weighted by Crippen LogP contribution is 2.28. The van der Waals surface area contributed by atoms with Crippen molar-refractivity contribution < 1.29 is 13.9 Å². The molecule has 1 saturated heterocycles. The number of aromatic nitrogens is 3. The first-order chi connectivity index (χ1) is 15.6. The lowest BCUT2D eigenvalue weighted by molar-refractivity contribution is -0.132. The number of hydrogen-bond acceptors (Lipinski definition) is 5. The average molecular weight is 433 g/mol. The lowest BCUT2D eigenvalue weighted by Gasteiger charge is -2.25. The van der Waals surface area contributed by atoms with Crippen molar-refractivity contribution in [3.8, 4) is 17.3 Å². The summed E-state index contributed by atoms with van der Waals surface area (Å²) in [6.07, 6.45) is 5.29. The summed E-state index contributed by atoms with van der Waals surface area (Å²) in [5.41, 5.74) is 2.34. The summed E-state index contributed by atoms with van der Waals surface area (Å²) in [6.45, 7) is 5.55. The summed E-state index contributed by atoms with van der Waals surface area (Å²) in [6, 6.07) is 13.9. The summed E-state index contributed by atoms with van der Waals surface area (Å²) in [4.78, 5) is 19.0. The van der Waals surface area contributed by atoms with E-state index in [1.165, 1.54) is 0 Å². The molecule has 1 atom stereocenters.